The fourth-order valence-electron chi connectivity index (χ4n) is 2.85. The number of methoxy groups -OCH3 is 1. The lowest BCUT2D eigenvalue weighted by atomic mass is 9.95. The standard InChI is InChI=1S/C18H18ClN3O4S/c1-10-6-13(14(26-3)7-12(10)19)20-15(23)8-22-16(24)18(2,21-17(22)25)11-4-5-27-9-11/h4-7,9H,8H2,1-3H3,(H,20,23)(H,21,25). The number of ether oxygens (including phenoxy) is 1. The van der Waals surface area contributed by atoms with Crippen molar-refractivity contribution in [3.8, 4) is 5.75 Å². The van der Waals surface area contributed by atoms with E-state index in [9.17, 15) is 14.4 Å². The normalized spacial score (nSPS) is 19.2. The molecule has 1 unspecified atom stereocenters. The molecule has 0 spiro atoms. The number of halogens is 1. The third kappa shape index (κ3) is 3.50. The van der Waals surface area contributed by atoms with Gasteiger partial charge in [-0.3, -0.25) is 14.5 Å². The number of thiophene rings is 1. The first kappa shape index (κ1) is 19.2. The number of rotatable bonds is 5. The van der Waals surface area contributed by atoms with E-state index in [0.717, 1.165) is 10.5 Å². The predicted molar refractivity (Wildman–Crippen MR) is 103 cm³/mol. The van der Waals surface area contributed by atoms with Gasteiger partial charge in [-0.15, -0.1) is 0 Å². The van der Waals surface area contributed by atoms with Gasteiger partial charge in [0.2, 0.25) is 5.91 Å². The highest BCUT2D eigenvalue weighted by Crippen LogP contribution is 2.32. The van der Waals surface area contributed by atoms with E-state index in [0.29, 0.717) is 22.0 Å². The number of hydrogen-bond donors (Lipinski definition) is 2. The Morgan fingerprint density at radius 1 is 1.41 bits per heavy atom. The Balaban J connectivity index is 1.76. The van der Waals surface area contributed by atoms with Crippen molar-refractivity contribution in [3.05, 3.63) is 45.1 Å². The van der Waals surface area contributed by atoms with Crippen LogP contribution in [-0.2, 0) is 15.1 Å². The van der Waals surface area contributed by atoms with E-state index in [-0.39, 0.29) is 0 Å². The van der Waals surface area contributed by atoms with Crippen LogP contribution in [0, 0.1) is 6.92 Å². The van der Waals surface area contributed by atoms with Crippen LogP contribution in [0.25, 0.3) is 0 Å². The third-order valence-corrected chi connectivity index (χ3v) is 5.52. The quantitative estimate of drug-likeness (QED) is 0.745. The molecule has 27 heavy (non-hydrogen) atoms. The van der Waals surface area contributed by atoms with E-state index in [4.69, 9.17) is 16.3 Å². The zero-order valence-electron chi connectivity index (χ0n) is 15.0. The number of carbonyl (C=O) groups is 3. The fourth-order valence-corrected chi connectivity index (χ4v) is 3.77. The van der Waals surface area contributed by atoms with Gasteiger partial charge in [0.05, 0.1) is 12.8 Å². The maximum atomic E-state index is 12.8. The molecule has 1 atom stereocenters. The summed E-state index contributed by atoms with van der Waals surface area (Å²) in [5.41, 5.74) is 0.680. The Kier molecular flexibility index (Phi) is 5.12. The van der Waals surface area contributed by atoms with Crippen molar-refractivity contribution in [1.82, 2.24) is 10.2 Å². The number of imide groups is 1. The number of anilines is 1. The lowest BCUT2D eigenvalue weighted by Gasteiger charge is -2.20. The van der Waals surface area contributed by atoms with E-state index in [1.54, 1.807) is 37.4 Å². The second-order valence-corrected chi connectivity index (χ2v) is 7.50. The van der Waals surface area contributed by atoms with E-state index < -0.39 is 29.9 Å². The molecule has 0 aliphatic carbocycles. The van der Waals surface area contributed by atoms with Gasteiger partial charge in [0.15, 0.2) is 0 Å². The molecule has 142 valence electrons. The molecule has 2 heterocycles. The molecule has 0 radical (unpaired) electrons. The Bertz CT molecular complexity index is 916. The molecule has 1 aliphatic rings. The zero-order chi connectivity index (χ0) is 19.8. The Morgan fingerprint density at radius 2 is 2.15 bits per heavy atom. The monoisotopic (exact) mass is 407 g/mol. The summed E-state index contributed by atoms with van der Waals surface area (Å²) in [5, 5.41) is 9.45. The first-order valence-electron chi connectivity index (χ1n) is 8.07. The first-order valence-corrected chi connectivity index (χ1v) is 9.39. The molecular formula is C18H18ClN3O4S. The molecule has 7 nitrogen and oxygen atoms in total. The van der Waals surface area contributed by atoms with Crippen molar-refractivity contribution < 1.29 is 19.1 Å². The van der Waals surface area contributed by atoms with Crippen LogP contribution >= 0.6 is 22.9 Å². The highest BCUT2D eigenvalue weighted by molar-refractivity contribution is 7.08. The number of nitrogens with zero attached hydrogens (tertiary/aromatic N) is 1. The summed E-state index contributed by atoms with van der Waals surface area (Å²) in [6, 6.07) is 4.42. The summed E-state index contributed by atoms with van der Waals surface area (Å²) in [5.74, 6) is -0.604. The Labute approximate surface area is 165 Å². The lowest BCUT2D eigenvalue weighted by molar-refractivity contribution is -0.133. The second-order valence-electron chi connectivity index (χ2n) is 6.31. The number of benzene rings is 1. The van der Waals surface area contributed by atoms with Crippen molar-refractivity contribution in [2.24, 2.45) is 0 Å². The van der Waals surface area contributed by atoms with Gasteiger partial charge in [0.1, 0.15) is 17.8 Å². The molecule has 1 fully saturated rings. The number of nitrogens with one attached hydrogen (secondary N) is 2. The topological polar surface area (TPSA) is 87.7 Å². The maximum absolute atomic E-state index is 12.8. The lowest BCUT2D eigenvalue weighted by Crippen LogP contribution is -2.41. The molecule has 1 aromatic carbocycles. The van der Waals surface area contributed by atoms with E-state index in [2.05, 4.69) is 10.6 Å². The molecule has 4 amide bonds. The smallest absolute Gasteiger partial charge is 0.325 e. The predicted octanol–water partition coefficient (Wildman–Crippen LogP) is 3.12. The minimum absolute atomic E-state index is 0.388. The summed E-state index contributed by atoms with van der Waals surface area (Å²) in [6.07, 6.45) is 0. The molecule has 2 aromatic rings. The molecule has 3 rings (SSSR count). The van der Waals surface area contributed by atoms with E-state index in [1.807, 2.05) is 5.38 Å². The van der Waals surface area contributed by atoms with Gasteiger partial charge < -0.3 is 15.4 Å². The number of amides is 4. The van der Waals surface area contributed by atoms with Gasteiger partial charge in [-0.2, -0.15) is 11.3 Å². The van der Waals surface area contributed by atoms with Gasteiger partial charge >= 0.3 is 6.03 Å². The summed E-state index contributed by atoms with van der Waals surface area (Å²) < 4.78 is 5.22. The molecule has 2 N–H and O–H groups in total. The van der Waals surface area contributed by atoms with Crippen LogP contribution in [0.2, 0.25) is 5.02 Å². The first-order chi connectivity index (χ1) is 12.8. The second kappa shape index (κ2) is 7.21. The summed E-state index contributed by atoms with van der Waals surface area (Å²) in [7, 11) is 1.46. The Hall–Kier alpha value is -2.58. The average Bonchev–Trinajstić information content (AvgIpc) is 3.22. The summed E-state index contributed by atoms with van der Waals surface area (Å²) in [4.78, 5) is 38.4. The van der Waals surface area contributed by atoms with Crippen LogP contribution in [0.3, 0.4) is 0 Å². The molecular weight excluding hydrogens is 390 g/mol. The van der Waals surface area contributed by atoms with E-state index in [1.165, 1.54) is 18.4 Å². The van der Waals surface area contributed by atoms with Crippen LogP contribution in [-0.4, -0.2) is 36.4 Å². The van der Waals surface area contributed by atoms with Crippen LogP contribution < -0.4 is 15.4 Å². The van der Waals surface area contributed by atoms with Crippen LogP contribution in [0.1, 0.15) is 18.1 Å². The molecule has 1 saturated heterocycles. The van der Waals surface area contributed by atoms with Crippen LogP contribution in [0.5, 0.6) is 5.75 Å². The molecule has 0 saturated carbocycles. The van der Waals surface area contributed by atoms with Crippen molar-refractivity contribution in [1.29, 1.82) is 0 Å². The number of carbonyl (C=O) groups excluding carboxylic acids is 3. The minimum Gasteiger partial charge on any atom is -0.495 e. The number of urea groups is 1. The zero-order valence-corrected chi connectivity index (χ0v) is 16.5. The fraction of sp³-hybridized carbons (Fsp3) is 0.278. The minimum atomic E-state index is -1.17. The summed E-state index contributed by atoms with van der Waals surface area (Å²) >= 11 is 7.49. The van der Waals surface area contributed by atoms with Gasteiger partial charge in [0, 0.05) is 11.1 Å². The highest BCUT2D eigenvalue weighted by Gasteiger charge is 2.49. The SMILES string of the molecule is COc1cc(Cl)c(C)cc1NC(=O)CN1C(=O)NC(C)(c2ccsc2)C1=O. The molecule has 1 aromatic heterocycles. The average molecular weight is 408 g/mol. The van der Waals surface area contributed by atoms with Crippen molar-refractivity contribution >= 4 is 46.5 Å². The summed E-state index contributed by atoms with van der Waals surface area (Å²) in [6.45, 7) is 3.01. The van der Waals surface area contributed by atoms with Crippen molar-refractivity contribution in [2.75, 3.05) is 19.0 Å². The Morgan fingerprint density at radius 3 is 2.78 bits per heavy atom. The number of aryl methyl sites for hydroxylation is 1. The van der Waals surface area contributed by atoms with Gasteiger partial charge in [0.25, 0.3) is 5.91 Å². The molecule has 1 aliphatic heterocycles. The van der Waals surface area contributed by atoms with Crippen molar-refractivity contribution in [2.45, 2.75) is 19.4 Å². The number of hydrogen-bond acceptors (Lipinski definition) is 5. The molecule has 0 bridgehead atoms. The van der Waals surface area contributed by atoms with Crippen molar-refractivity contribution in [3.63, 3.8) is 0 Å². The van der Waals surface area contributed by atoms with Crippen LogP contribution in [0.15, 0.2) is 29.0 Å². The van der Waals surface area contributed by atoms with Gasteiger partial charge in [-0.1, -0.05) is 11.6 Å². The van der Waals surface area contributed by atoms with Gasteiger partial charge in [-0.05, 0) is 47.9 Å². The van der Waals surface area contributed by atoms with E-state index >= 15 is 0 Å². The largest absolute Gasteiger partial charge is 0.495 e. The maximum Gasteiger partial charge on any atom is 0.325 e. The third-order valence-electron chi connectivity index (χ3n) is 4.43. The molecule has 9 heteroatoms. The highest BCUT2D eigenvalue weighted by atomic mass is 35.5. The van der Waals surface area contributed by atoms with Gasteiger partial charge in [-0.25, -0.2) is 4.79 Å². The van der Waals surface area contributed by atoms with Crippen LogP contribution in [0.4, 0.5) is 10.5 Å².